The van der Waals surface area contributed by atoms with Gasteiger partial charge in [-0.15, -0.1) is 13.2 Å². The standard InChI is InChI=1S/C13H12F3N3O2/c1-2-17-12-18-8-7-11(19-12)20-9-5-3-4-6-10(9)21-13(14,15)16/h3-8H,2H2,1H3,(H,17,18,19). The Morgan fingerprint density at radius 2 is 1.86 bits per heavy atom. The van der Waals surface area contributed by atoms with Crippen molar-refractivity contribution in [3.05, 3.63) is 36.5 Å². The number of alkyl halides is 3. The van der Waals surface area contributed by atoms with E-state index in [0.29, 0.717) is 12.5 Å². The van der Waals surface area contributed by atoms with Crippen molar-refractivity contribution in [2.75, 3.05) is 11.9 Å². The Balaban J connectivity index is 2.21. The summed E-state index contributed by atoms with van der Waals surface area (Å²) in [6.45, 7) is 2.47. The van der Waals surface area contributed by atoms with E-state index >= 15 is 0 Å². The summed E-state index contributed by atoms with van der Waals surface area (Å²) in [5, 5.41) is 2.87. The van der Waals surface area contributed by atoms with Crippen LogP contribution in [0.15, 0.2) is 36.5 Å². The molecule has 0 saturated carbocycles. The first-order valence-electron chi connectivity index (χ1n) is 6.07. The highest BCUT2D eigenvalue weighted by Gasteiger charge is 2.32. The van der Waals surface area contributed by atoms with Gasteiger partial charge in [0, 0.05) is 18.8 Å². The molecule has 21 heavy (non-hydrogen) atoms. The van der Waals surface area contributed by atoms with Crippen LogP contribution in [-0.2, 0) is 0 Å². The number of rotatable bonds is 5. The number of halogens is 3. The quantitative estimate of drug-likeness (QED) is 0.914. The predicted molar refractivity (Wildman–Crippen MR) is 69.4 cm³/mol. The van der Waals surface area contributed by atoms with E-state index in [1.54, 1.807) is 0 Å². The van der Waals surface area contributed by atoms with E-state index in [4.69, 9.17) is 4.74 Å². The van der Waals surface area contributed by atoms with Crippen LogP contribution < -0.4 is 14.8 Å². The number of nitrogens with zero attached hydrogens (tertiary/aromatic N) is 2. The number of ether oxygens (including phenoxy) is 2. The van der Waals surface area contributed by atoms with Gasteiger partial charge < -0.3 is 14.8 Å². The Hall–Kier alpha value is -2.51. The van der Waals surface area contributed by atoms with Crippen LogP contribution in [0, 0.1) is 0 Å². The molecule has 0 aliphatic carbocycles. The second-order valence-electron chi connectivity index (χ2n) is 3.85. The van der Waals surface area contributed by atoms with Crippen molar-refractivity contribution < 1.29 is 22.6 Å². The fourth-order valence-corrected chi connectivity index (χ4v) is 1.50. The molecule has 0 fully saturated rings. The van der Waals surface area contributed by atoms with Crippen molar-refractivity contribution in [2.45, 2.75) is 13.3 Å². The maximum atomic E-state index is 12.3. The van der Waals surface area contributed by atoms with Gasteiger partial charge in [0.2, 0.25) is 11.8 Å². The first-order valence-corrected chi connectivity index (χ1v) is 6.07. The molecular weight excluding hydrogens is 287 g/mol. The largest absolute Gasteiger partial charge is 0.573 e. The number of benzene rings is 1. The van der Waals surface area contributed by atoms with Gasteiger partial charge in [-0.1, -0.05) is 12.1 Å². The van der Waals surface area contributed by atoms with E-state index in [1.165, 1.54) is 30.5 Å². The highest BCUT2D eigenvalue weighted by Crippen LogP contribution is 2.34. The zero-order valence-corrected chi connectivity index (χ0v) is 11.0. The van der Waals surface area contributed by atoms with Crippen molar-refractivity contribution in [1.29, 1.82) is 0 Å². The topological polar surface area (TPSA) is 56.3 Å². The lowest BCUT2D eigenvalue weighted by Gasteiger charge is -2.13. The summed E-state index contributed by atoms with van der Waals surface area (Å²) < 4.78 is 46.2. The number of para-hydroxylation sites is 2. The van der Waals surface area contributed by atoms with Crippen LogP contribution in [0.2, 0.25) is 0 Å². The molecule has 2 rings (SSSR count). The van der Waals surface area contributed by atoms with E-state index in [0.717, 1.165) is 6.07 Å². The molecule has 2 aromatic rings. The fraction of sp³-hybridized carbons (Fsp3) is 0.231. The molecular formula is C13H12F3N3O2. The minimum Gasteiger partial charge on any atom is -0.435 e. The number of anilines is 1. The molecule has 1 heterocycles. The molecule has 8 heteroatoms. The van der Waals surface area contributed by atoms with Gasteiger partial charge in [-0.05, 0) is 19.1 Å². The third kappa shape index (κ3) is 4.51. The minimum atomic E-state index is -4.79. The summed E-state index contributed by atoms with van der Waals surface area (Å²) in [4.78, 5) is 7.95. The molecule has 0 atom stereocenters. The Bertz CT molecular complexity index is 605. The SMILES string of the molecule is CCNc1nccc(Oc2ccccc2OC(F)(F)F)n1. The van der Waals surface area contributed by atoms with E-state index in [1.807, 2.05) is 6.92 Å². The molecule has 112 valence electrons. The second-order valence-corrected chi connectivity index (χ2v) is 3.85. The maximum absolute atomic E-state index is 12.3. The van der Waals surface area contributed by atoms with Crippen molar-refractivity contribution in [1.82, 2.24) is 9.97 Å². The van der Waals surface area contributed by atoms with Crippen molar-refractivity contribution >= 4 is 5.95 Å². The smallest absolute Gasteiger partial charge is 0.435 e. The zero-order chi connectivity index (χ0) is 15.3. The second kappa shape index (κ2) is 6.29. The monoisotopic (exact) mass is 299 g/mol. The van der Waals surface area contributed by atoms with E-state index in [-0.39, 0.29) is 11.6 Å². The summed E-state index contributed by atoms with van der Waals surface area (Å²) in [6.07, 6.45) is -3.35. The molecule has 1 aromatic carbocycles. The molecule has 0 amide bonds. The molecule has 0 aliphatic rings. The molecule has 1 aromatic heterocycles. The zero-order valence-electron chi connectivity index (χ0n) is 11.0. The Labute approximate surface area is 118 Å². The third-order valence-corrected chi connectivity index (χ3v) is 2.25. The highest BCUT2D eigenvalue weighted by molar-refractivity contribution is 5.42. The molecule has 0 spiro atoms. The lowest BCUT2D eigenvalue weighted by molar-refractivity contribution is -0.275. The summed E-state index contributed by atoms with van der Waals surface area (Å²) in [5.41, 5.74) is 0. The van der Waals surface area contributed by atoms with E-state index in [2.05, 4.69) is 20.0 Å². The molecule has 1 N–H and O–H groups in total. The molecule has 5 nitrogen and oxygen atoms in total. The normalized spacial score (nSPS) is 11.0. The van der Waals surface area contributed by atoms with Gasteiger partial charge in [-0.3, -0.25) is 0 Å². The summed E-state index contributed by atoms with van der Waals surface area (Å²) >= 11 is 0. The van der Waals surface area contributed by atoms with Gasteiger partial charge >= 0.3 is 6.36 Å². The molecule has 0 radical (unpaired) electrons. The molecule has 0 aliphatic heterocycles. The van der Waals surface area contributed by atoms with Crippen LogP contribution in [0.1, 0.15) is 6.92 Å². The molecule has 0 saturated heterocycles. The average Bonchev–Trinajstić information content (AvgIpc) is 2.40. The Morgan fingerprint density at radius 1 is 1.14 bits per heavy atom. The number of nitrogens with one attached hydrogen (secondary N) is 1. The van der Waals surface area contributed by atoms with Crippen LogP contribution in [-0.4, -0.2) is 22.9 Å². The van der Waals surface area contributed by atoms with Crippen molar-refractivity contribution in [3.8, 4) is 17.4 Å². The van der Waals surface area contributed by atoms with Crippen LogP contribution in [0.5, 0.6) is 17.4 Å². The van der Waals surface area contributed by atoms with Crippen molar-refractivity contribution in [3.63, 3.8) is 0 Å². The van der Waals surface area contributed by atoms with Gasteiger partial charge in [-0.25, -0.2) is 4.98 Å². The first kappa shape index (κ1) is 14.9. The van der Waals surface area contributed by atoms with Gasteiger partial charge in [0.1, 0.15) is 0 Å². The summed E-state index contributed by atoms with van der Waals surface area (Å²) in [7, 11) is 0. The van der Waals surface area contributed by atoms with Gasteiger partial charge in [0.15, 0.2) is 11.5 Å². The van der Waals surface area contributed by atoms with E-state index < -0.39 is 12.1 Å². The lowest BCUT2D eigenvalue weighted by Crippen LogP contribution is -2.17. The Morgan fingerprint density at radius 3 is 2.52 bits per heavy atom. The van der Waals surface area contributed by atoms with Gasteiger partial charge in [0.05, 0.1) is 0 Å². The summed E-state index contributed by atoms with van der Waals surface area (Å²) in [5.74, 6) is -0.0898. The number of hydrogen-bond acceptors (Lipinski definition) is 5. The minimum absolute atomic E-state index is 0.0871. The molecule has 0 bridgehead atoms. The van der Waals surface area contributed by atoms with Crippen LogP contribution in [0.3, 0.4) is 0 Å². The number of hydrogen-bond donors (Lipinski definition) is 1. The van der Waals surface area contributed by atoms with Gasteiger partial charge in [0.25, 0.3) is 0 Å². The van der Waals surface area contributed by atoms with Crippen LogP contribution in [0.4, 0.5) is 19.1 Å². The first-order chi connectivity index (χ1) is 9.98. The molecule has 0 unspecified atom stereocenters. The van der Waals surface area contributed by atoms with Gasteiger partial charge in [-0.2, -0.15) is 4.98 Å². The van der Waals surface area contributed by atoms with Crippen LogP contribution in [0.25, 0.3) is 0 Å². The summed E-state index contributed by atoms with van der Waals surface area (Å²) in [6, 6.07) is 6.90. The average molecular weight is 299 g/mol. The fourth-order valence-electron chi connectivity index (χ4n) is 1.50. The highest BCUT2D eigenvalue weighted by atomic mass is 19.4. The number of aromatic nitrogens is 2. The Kier molecular flexibility index (Phi) is 4.46. The maximum Gasteiger partial charge on any atom is 0.573 e. The lowest BCUT2D eigenvalue weighted by atomic mass is 10.3. The van der Waals surface area contributed by atoms with Crippen molar-refractivity contribution in [2.24, 2.45) is 0 Å². The third-order valence-electron chi connectivity index (χ3n) is 2.25. The van der Waals surface area contributed by atoms with E-state index in [9.17, 15) is 13.2 Å². The predicted octanol–water partition coefficient (Wildman–Crippen LogP) is 3.60. The van der Waals surface area contributed by atoms with Crippen LogP contribution >= 0.6 is 0 Å².